The Bertz CT molecular complexity index is 897. The maximum absolute atomic E-state index is 12.2. The van der Waals surface area contributed by atoms with Crippen LogP contribution in [0.4, 0.5) is 11.6 Å². The van der Waals surface area contributed by atoms with Crippen LogP contribution in [-0.4, -0.2) is 22.3 Å². The molecule has 0 fully saturated rings. The molecule has 3 aromatic rings. The van der Waals surface area contributed by atoms with Gasteiger partial charge >= 0.3 is 0 Å². The van der Waals surface area contributed by atoms with Crippen molar-refractivity contribution in [1.29, 1.82) is 0 Å². The number of nitrogens with one attached hydrogen (secondary N) is 2. The third kappa shape index (κ3) is 3.72. The van der Waals surface area contributed by atoms with Gasteiger partial charge in [-0.1, -0.05) is 41.9 Å². The van der Waals surface area contributed by atoms with Gasteiger partial charge < -0.3 is 10.1 Å². The van der Waals surface area contributed by atoms with Crippen molar-refractivity contribution < 1.29 is 4.74 Å². The van der Waals surface area contributed by atoms with Gasteiger partial charge in [0, 0.05) is 11.4 Å². The molecule has 0 amide bonds. The van der Waals surface area contributed by atoms with Crippen LogP contribution in [-0.2, 0) is 6.42 Å². The van der Waals surface area contributed by atoms with Crippen molar-refractivity contribution >= 4 is 23.2 Å². The SMILES string of the molecule is COc1ccc(Cl)cc1Nc1nnc(Cc2ccccc2)c(=O)[nH]1. The highest BCUT2D eigenvalue weighted by Gasteiger charge is 2.09. The zero-order valence-electron chi connectivity index (χ0n) is 12.9. The molecule has 2 N–H and O–H groups in total. The fourth-order valence-corrected chi connectivity index (χ4v) is 2.40. The van der Waals surface area contributed by atoms with Crippen LogP contribution in [0.5, 0.6) is 5.75 Å². The van der Waals surface area contributed by atoms with Gasteiger partial charge in [-0.2, -0.15) is 0 Å². The van der Waals surface area contributed by atoms with Crippen LogP contribution in [0.15, 0.2) is 53.3 Å². The summed E-state index contributed by atoms with van der Waals surface area (Å²) in [7, 11) is 1.55. The fraction of sp³-hybridized carbons (Fsp3) is 0.118. The molecule has 0 unspecified atom stereocenters. The van der Waals surface area contributed by atoms with E-state index in [0.717, 1.165) is 5.56 Å². The Hall–Kier alpha value is -2.86. The molecule has 2 aromatic carbocycles. The molecule has 122 valence electrons. The van der Waals surface area contributed by atoms with E-state index in [4.69, 9.17) is 16.3 Å². The van der Waals surface area contributed by atoms with Crippen LogP contribution in [0.1, 0.15) is 11.3 Å². The van der Waals surface area contributed by atoms with Gasteiger partial charge in [0.25, 0.3) is 5.56 Å². The van der Waals surface area contributed by atoms with Crippen molar-refractivity contribution in [1.82, 2.24) is 15.2 Å². The first-order valence-electron chi connectivity index (χ1n) is 7.26. The number of aromatic amines is 1. The largest absolute Gasteiger partial charge is 0.495 e. The monoisotopic (exact) mass is 342 g/mol. The van der Waals surface area contributed by atoms with Gasteiger partial charge in [0.1, 0.15) is 11.4 Å². The molecule has 0 spiro atoms. The zero-order chi connectivity index (χ0) is 16.9. The molecule has 24 heavy (non-hydrogen) atoms. The highest BCUT2D eigenvalue weighted by Crippen LogP contribution is 2.29. The summed E-state index contributed by atoms with van der Waals surface area (Å²) in [6.45, 7) is 0. The van der Waals surface area contributed by atoms with Gasteiger partial charge in [0.05, 0.1) is 12.8 Å². The van der Waals surface area contributed by atoms with Crippen molar-refractivity contribution in [3.63, 3.8) is 0 Å². The Morgan fingerprint density at radius 1 is 1.17 bits per heavy atom. The van der Waals surface area contributed by atoms with E-state index in [9.17, 15) is 4.79 Å². The summed E-state index contributed by atoms with van der Waals surface area (Å²) in [5.74, 6) is 0.799. The Balaban J connectivity index is 1.83. The molecular weight excluding hydrogens is 328 g/mol. The number of rotatable bonds is 5. The molecule has 3 rings (SSSR count). The number of anilines is 2. The quantitative estimate of drug-likeness (QED) is 0.744. The molecule has 0 aliphatic rings. The molecule has 0 aliphatic heterocycles. The van der Waals surface area contributed by atoms with Crippen molar-refractivity contribution in [2.24, 2.45) is 0 Å². The van der Waals surface area contributed by atoms with Crippen molar-refractivity contribution in [3.05, 3.63) is 75.2 Å². The van der Waals surface area contributed by atoms with E-state index in [-0.39, 0.29) is 11.5 Å². The third-order valence-corrected chi connectivity index (χ3v) is 3.63. The lowest BCUT2D eigenvalue weighted by Gasteiger charge is -2.10. The molecule has 7 heteroatoms. The molecule has 0 saturated carbocycles. The van der Waals surface area contributed by atoms with E-state index in [1.165, 1.54) is 0 Å². The minimum atomic E-state index is -0.294. The number of nitrogens with zero attached hydrogens (tertiary/aromatic N) is 2. The number of ether oxygens (including phenoxy) is 1. The first kappa shape index (κ1) is 16.0. The van der Waals surface area contributed by atoms with Crippen LogP contribution >= 0.6 is 11.6 Å². The molecule has 0 radical (unpaired) electrons. The summed E-state index contributed by atoms with van der Waals surface area (Å²) in [5.41, 5.74) is 1.64. The molecule has 0 aliphatic carbocycles. The predicted octanol–water partition coefficient (Wildman–Crippen LogP) is 3.16. The van der Waals surface area contributed by atoms with Gasteiger partial charge in [-0.15, -0.1) is 10.2 Å². The molecule has 0 bridgehead atoms. The summed E-state index contributed by atoms with van der Waals surface area (Å²) in [5, 5.41) is 11.5. The summed E-state index contributed by atoms with van der Waals surface area (Å²) in [6.07, 6.45) is 0.421. The normalized spacial score (nSPS) is 10.4. The third-order valence-electron chi connectivity index (χ3n) is 3.39. The number of aromatic nitrogens is 3. The number of hydrogen-bond donors (Lipinski definition) is 2. The Morgan fingerprint density at radius 2 is 1.96 bits per heavy atom. The zero-order valence-corrected chi connectivity index (χ0v) is 13.7. The molecular formula is C17H15ClN4O2. The standard InChI is InChI=1S/C17H15ClN4O2/c1-24-15-8-7-12(18)10-13(15)19-17-20-16(23)14(21-22-17)9-11-5-3-2-4-6-11/h2-8,10H,9H2,1H3,(H2,19,20,22,23). The number of halogens is 1. The minimum Gasteiger partial charge on any atom is -0.495 e. The first-order valence-corrected chi connectivity index (χ1v) is 7.64. The Labute approximate surface area is 143 Å². The van der Waals surface area contributed by atoms with Crippen molar-refractivity contribution in [2.45, 2.75) is 6.42 Å². The number of hydrogen-bond acceptors (Lipinski definition) is 5. The van der Waals surface area contributed by atoms with Gasteiger partial charge in [0.2, 0.25) is 5.95 Å². The molecule has 1 heterocycles. The lowest BCUT2D eigenvalue weighted by molar-refractivity contribution is 0.417. The fourth-order valence-electron chi connectivity index (χ4n) is 2.23. The van der Waals surface area contributed by atoms with Gasteiger partial charge in [0.15, 0.2) is 0 Å². The van der Waals surface area contributed by atoms with E-state index in [0.29, 0.717) is 28.6 Å². The number of H-pyrrole nitrogens is 1. The van der Waals surface area contributed by atoms with Gasteiger partial charge in [-0.05, 0) is 23.8 Å². The highest BCUT2D eigenvalue weighted by atomic mass is 35.5. The second-order valence-electron chi connectivity index (χ2n) is 5.08. The highest BCUT2D eigenvalue weighted by molar-refractivity contribution is 6.30. The lowest BCUT2D eigenvalue weighted by atomic mass is 10.1. The summed E-state index contributed by atoms with van der Waals surface area (Å²) >= 11 is 5.98. The van der Waals surface area contributed by atoms with Crippen LogP contribution in [0.25, 0.3) is 0 Å². The first-order chi connectivity index (χ1) is 11.7. The Kier molecular flexibility index (Phi) is 4.77. The number of benzene rings is 2. The van der Waals surface area contributed by atoms with Crippen molar-refractivity contribution in [2.75, 3.05) is 12.4 Å². The number of methoxy groups -OCH3 is 1. The van der Waals surface area contributed by atoms with E-state index in [1.807, 2.05) is 30.3 Å². The van der Waals surface area contributed by atoms with Crippen LogP contribution in [0, 0.1) is 0 Å². The molecule has 0 saturated heterocycles. The van der Waals surface area contributed by atoms with Crippen molar-refractivity contribution in [3.8, 4) is 5.75 Å². The topological polar surface area (TPSA) is 79.9 Å². The van der Waals surface area contributed by atoms with E-state index < -0.39 is 0 Å². The Morgan fingerprint density at radius 3 is 2.67 bits per heavy atom. The summed E-state index contributed by atoms with van der Waals surface area (Å²) in [6, 6.07) is 14.7. The lowest BCUT2D eigenvalue weighted by Crippen LogP contribution is -2.19. The van der Waals surface area contributed by atoms with Gasteiger partial charge in [-0.25, -0.2) is 0 Å². The maximum Gasteiger partial charge on any atom is 0.274 e. The summed E-state index contributed by atoms with van der Waals surface area (Å²) in [4.78, 5) is 14.9. The summed E-state index contributed by atoms with van der Waals surface area (Å²) < 4.78 is 5.24. The molecule has 6 nitrogen and oxygen atoms in total. The smallest absolute Gasteiger partial charge is 0.274 e. The predicted molar refractivity (Wildman–Crippen MR) is 93.2 cm³/mol. The molecule has 0 atom stereocenters. The second-order valence-corrected chi connectivity index (χ2v) is 5.52. The average Bonchev–Trinajstić information content (AvgIpc) is 2.58. The average molecular weight is 343 g/mol. The second kappa shape index (κ2) is 7.14. The minimum absolute atomic E-state index is 0.220. The van der Waals surface area contributed by atoms with Crippen LogP contribution in [0.3, 0.4) is 0 Å². The van der Waals surface area contributed by atoms with Crippen LogP contribution in [0.2, 0.25) is 5.02 Å². The van der Waals surface area contributed by atoms with E-state index >= 15 is 0 Å². The maximum atomic E-state index is 12.2. The molecule has 1 aromatic heterocycles. The van der Waals surface area contributed by atoms with Gasteiger partial charge in [-0.3, -0.25) is 9.78 Å². The van der Waals surface area contributed by atoms with E-state index in [1.54, 1.807) is 25.3 Å². The van der Waals surface area contributed by atoms with E-state index in [2.05, 4.69) is 20.5 Å². The van der Waals surface area contributed by atoms with Crippen LogP contribution < -0.4 is 15.6 Å².